The van der Waals surface area contributed by atoms with Crippen LogP contribution in [0.1, 0.15) is 38.3 Å². The van der Waals surface area contributed by atoms with E-state index >= 15 is 0 Å². The maximum atomic E-state index is 13.1. The molecule has 0 aliphatic rings. The Balaban J connectivity index is 1.63. The summed E-state index contributed by atoms with van der Waals surface area (Å²) in [6, 6.07) is 19.6. The van der Waals surface area contributed by atoms with Crippen LogP contribution in [0.4, 0.5) is 0 Å². The molecule has 3 aromatic carbocycles. The maximum Gasteiger partial charge on any atom is 0.257 e. The highest BCUT2D eigenvalue weighted by Gasteiger charge is 2.19. The maximum absolute atomic E-state index is 13.1. The molecule has 0 saturated carbocycles. The number of carbonyl (C=O) groups is 1. The van der Waals surface area contributed by atoms with Crippen LogP contribution in [0.5, 0.6) is 5.75 Å². The number of nitrogens with one attached hydrogen (secondary N) is 1. The molecule has 2 N–H and O–H groups in total. The van der Waals surface area contributed by atoms with Crippen LogP contribution in [0, 0.1) is 13.8 Å². The number of H-pyrrole nitrogens is 1. The number of carbonyl (C=O) groups excluding carboxylic acids is 1. The lowest BCUT2D eigenvalue weighted by Crippen LogP contribution is -2.26. The number of phenols is 1. The number of aromatic hydroxyl groups is 1. The summed E-state index contributed by atoms with van der Waals surface area (Å²) in [7, 11) is 1.76. The molecule has 4 aromatic rings. The second-order valence-electron chi connectivity index (χ2n) is 7.84. The molecule has 0 fully saturated rings. The van der Waals surface area contributed by atoms with Crippen molar-refractivity contribution in [1.29, 1.82) is 0 Å². The quantitative estimate of drug-likeness (QED) is 0.509. The summed E-state index contributed by atoms with van der Waals surface area (Å²) in [6.07, 6.45) is 0.675. The van der Waals surface area contributed by atoms with Crippen LogP contribution in [-0.2, 0) is 13.0 Å². The molecule has 0 spiro atoms. The van der Waals surface area contributed by atoms with Gasteiger partial charge in [-0.3, -0.25) is 9.89 Å². The molecule has 5 heteroatoms. The summed E-state index contributed by atoms with van der Waals surface area (Å²) in [5.41, 5.74) is 6.43. The zero-order valence-electron chi connectivity index (χ0n) is 17.4. The SMILES string of the molecule is Cc1ccc(CN(C)C(=O)c2cc3c(Cc4ccccc4)[nH]nc3cc2O)c(C)c1. The van der Waals surface area contributed by atoms with Gasteiger partial charge in [0.2, 0.25) is 0 Å². The first-order valence-electron chi connectivity index (χ1n) is 9.98. The number of hydrogen-bond acceptors (Lipinski definition) is 3. The average Bonchev–Trinajstić information content (AvgIpc) is 3.11. The largest absolute Gasteiger partial charge is 0.507 e. The van der Waals surface area contributed by atoms with Crippen molar-refractivity contribution in [2.45, 2.75) is 26.8 Å². The van der Waals surface area contributed by atoms with Crippen LogP contribution in [0.3, 0.4) is 0 Å². The Morgan fingerprint density at radius 2 is 1.83 bits per heavy atom. The second kappa shape index (κ2) is 8.03. The Hall–Kier alpha value is -3.60. The zero-order chi connectivity index (χ0) is 21.3. The van der Waals surface area contributed by atoms with Crippen molar-refractivity contribution >= 4 is 16.8 Å². The van der Waals surface area contributed by atoms with E-state index in [1.54, 1.807) is 24.1 Å². The molecule has 5 nitrogen and oxygen atoms in total. The number of aromatic amines is 1. The Labute approximate surface area is 176 Å². The van der Waals surface area contributed by atoms with E-state index < -0.39 is 0 Å². The summed E-state index contributed by atoms with van der Waals surface area (Å²) < 4.78 is 0. The Bertz CT molecular complexity index is 1210. The molecule has 30 heavy (non-hydrogen) atoms. The Morgan fingerprint density at radius 1 is 1.07 bits per heavy atom. The Morgan fingerprint density at radius 3 is 2.57 bits per heavy atom. The third kappa shape index (κ3) is 3.92. The van der Waals surface area contributed by atoms with E-state index in [4.69, 9.17) is 0 Å². The predicted octanol–water partition coefficient (Wildman–Crippen LogP) is 4.75. The van der Waals surface area contributed by atoms with Crippen LogP contribution in [0.25, 0.3) is 10.9 Å². The van der Waals surface area contributed by atoms with Gasteiger partial charge in [0.05, 0.1) is 11.1 Å². The Kier molecular flexibility index (Phi) is 5.27. The van der Waals surface area contributed by atoms with E-state index in [9.17, 15) is 9.90 Å². The fraction of sp³-hybridized carbons (Fsp3) is 0.200. The van der Waals surface area contributed by atoms with Crippen LogP contribution in [-0.4, -0.2) is 33.2 Å². The van der Waals surface area contributed by atoms with Gasteiger partial charge in [-0.25, -0.2) is 0 Å². The second-order valence-corrected chi connectivity index (χ2v) is 7.84. The summed E-state index contributed by atoms with van der Waals surface area (Å²) in [5, 5.41) is 18.7. The van der Waals surface area contributed by atoms with Gasteiger partial charge in [0.25, 0.3) is 5.91 Å². The highest BCUT2D eigenvalue weighted by Crippen LogP contribution is 2.28. The van der Waals surface area contributed by atoms with Gasteiger partial charge in [0.15, 0.2) is 0 Å². The highest BCUT2D eigenvalue weighted by molar-refractivity contribution is 6.01. The first kappa shape index (κ1) is 19.7. The van der Waals surface area contributed by atoms with Crippen molar-refractivity contribution in [3.05, 3.63) is 94.2 Å². The molecule has 152 valence electrons. The third-order valence-electron chi connectivity index (χ3n) is 5.46. The molecule has 0 aliphatic heterocycles. The fourth-order valence-corrected chi connectivity index (χ4v) is 3.76. The lowest BCUT2D eigenvalue weighted by molar-refractivity contribution is 0.0782. The van der Waals surface area contributed by atoms with Gasteiger partial charge in [-0.05, 0) is 36.6 Å². The van der Waals surface area contributed by atoms with E-state index in [-0.39, 0.29) is 17.2 Å². The van der Waals surface area contributed by atoms with Gasteiger partial charge in [0.1, 0.15) is 5.75 Å². The number of aromatic nitrogens is 2. The topological polar surface area (TPSA) is 69.2 Å². The van der Waals surface area contributed by atoms with E-state index in [0.29, 0.717) is 18.5 Å². The van der Waals surface area contributed by atoms with Gasteiger partial charge in [-0.15, -0.1) is 0 Å². The summed E-state index contributed by atoms with van der Waals surface area (Å²) in [5.74, 6) is -0.279. The molecular weight excluding hydrogens is 374 g/mol. The van der Waals surface area contributed by atoms with Crippen LogP contribution in [0.15, 0.2) is 60.7 Å². The van der Waals surface area contributed by atoms with E-state index in [1.165, 1.54) is 5.56 Å². The third-order valence-corrected chi connectivity index (χ3v) is 5.46. The monoisotopic (exact) mass is 399 g/mol. The lowest BCUT2D eigenvalue weighted by Gasteiger charge is -2.19. The molecule has 0 radical (unpaired) electrons. The van der Waals surface area contributed by atoms with Gasteiger partial charge in [-0.1, -0.05) is 54.1 Å². The van der Waals surface area contributed by atoms with Crippen molar-refractivity contribution in [2.75, 3.05) is 7.05 Å². The number of benzene rings is 3. The first-order valence-corrected chi connectivity index (χ1v) is 9.98. The smallest absolute Gasteiger partial charge is 0.257 e. The van der Waals surface area contributed by atoms with Crippen LogP contribution >= 0.6 is 0 Å². The number of fused-ring (bicyclic) bond motifs is 1. The normalized spacial score (nSPS) is 11.0. The predicted molar refractivity (Wildman–Crippen MR) is 119 cm³/mol. The molecule has 1 amide bonds. The standard InChI is InChI=1S/C25H25N3O2/c1-16-9-10-19(17(2)11-16)15-28(3)25(30)21-13-20-22(12-18-7-5-4-6-8-18)26-27-23(20)14-24(21)29/h4-11,13-14,29H,12,15H2,1-3H3,(H,26,27). The van der Waals surface area contributed by atoms with Crippen molar-refractivity contribution in [3.8, 4) is 5.75 Å². The van der Waals surface area contributed by atoms with Crippen molar-refractivity contribution in [1.82, 2.24) is 15.1 Å². The molecule has 0 saturated heterocycles. The number of hydrogen-bond donors (Lipinski definition) is 2. The number of nitrogens with zero attached hydrogens (tertiary/aromatic N) is 2. The van der Waals surface area contributed by atoms with Crippen molar-refractivity contribution in [2.24, 2.45) is 0 Å². The fourth-order valence-electron chi connectivity index (χ4n) is 3.76. The molecule has 0 bridgehead atoms. The van der Waals surface area contributed by atoms with E-state index in [1.807, 2.05) is 37.3 Å². The molecular formula is C25H25N3O2. The number of rotatable bonds is 5. The van der Waals surface area contributed by atoms with Gasteiger partial charge < -0.3 is 10.0 Å². The minimum Gasteiger partial charge on any atom is -0.507 e. The minimum atomic E-state index is -0.221. The molecule has 4 rings (SSSR count). The van der Waals surface area contributed by atoms with Gasteiger partial charge in [0, 0.05) is 37.2 Å². The molecule has 0 atom stereocenters. The molecule has 1 aromatic heterocycles. The van der Waals surface area contributed by atoms with Gasteiger partial charge in [-0.2, -0.15) is 5.10 Å². The molecule has 0 unspecified atom stereocenters. The highest BCUT2D eigenvalue weighted by atomic mass is 16.3. The summed E-state index contributed by atoms with van der Waals surface area (Å²) >= 11 is 0. The summed E-state index contributed by atoms with van der Waals surface area (Å²) in [6.45, 7) is 4.58. The van der Waals surface area contributed by atoms with Crippen molar-refractivity contribution in [3.63, 3.8) is 0 Å². The minimum absolute atomic E-state index is 0.0576. The number of amides is 1. The summed E-state index contributed by atoms with van der Waals surface area (Å²) in [4.78, 5) is 14.8. The first-order chi connectivity index (χ1) is 14.4. The zero-order valence-corrected chi connectivity index (χ0v) is 17.4. The van der Waals surface area contributed by atoms with Crippen LogP contribution in [0.2, 0.25) is 0 Å². The van der Waals surface area contributed by atoms with E-state index in [0.717, 1.165) is 27.8 Å². The average molecular weight is 399 g/mol. The number of aryl methyl sites for hydroxylation is 2. The number of phenolic OH excluding ortho intramolecular Hbond substituents is 1. The van der Waals surface area contributed by atoms with E-state index in [2.05, 4.69) is 35.3 Å². The lowest BCUT2D eigenvalue weighted by atomic mass is 10.0. The molecule has 1 heterocycles. The molecule has 0 aliphatic carbocycles. The van der Waals surface area contributed by atoms with Crippen molar-refractivity contribution < 1.29 is 9.90 Å². The van der Waals surface area contributed by atoms with Gasteiger partial charge >= 0.3 is 0 Å². The van der Waals surface area contributed by atoms with Crippen LogP contribution < -0.4 is 0 Å².